The Labute approximate surface area is 122 Å². The molecule has 0 unspecified atom stereocenters. The highest BCUT2D eigenvalue weighted by Gasteiger charge is 2.43. The fourth-order valence-electron chi connectivity index (χ4n) is 3.20. The second kappa shape index (κ2) is 5.92. The first-order valence-electron chi connectivity index (χ1n) is 7.92. The molecule has 0 radical (unpaired) electrons. The van der Waals surface area contributed by atoms with Crippen LogP contribution in [0.2, 0.25) is 0 Å². The van der Waals surface area contributed by atoms with E-state index in [4.69, 9.17) is 4.74 Å². The Kier molecular flexibility index (Phi) is 4.62. The summed E-state index contributed by atoms with van der Waals surface area (Å²) in [6, 6.07) is 0.255. The molecule has 0 aromatic rings. The van der Waals surface area contributed by atoms with Crippen LogP contribution in [-0.4, -0.2) is 29.4 Å². The molecule has 2 rings (SSSR count). The number of carbonyl (C=O) groups excluding carboxylic acids is 1. The molecule has 2 saturated carbocycles. The first-order valence-corrected chi connectivity index (χ1v) is 7.92. The van der Waals surface area contributed by atoms with Crippen LogP contribution in [0, 0.1) is 11.3 Å². The molecule has 0 bridgehead atoms. The van der Waals surface area contributed by atoms with Crippen molar-refractivity contribution in [1.82, 2.24) is 5.32 Å². The van der Waals surface area contributed by atoms with E-state index >= 15 is 0 Å². The first kappa shape index (κ1) is 15.6. The van der Waals surface area contributed by atoms with Crippen LogP contribution in [0.5, 0.6) is 0 Å². The van der Waals surface area contributed by atoms with Gasteiger partial charge in [-0.1, -0.05) is 0 Å². The Hall–Kier alpha value is -0.770. The number of alkyl carbamates (subject to hydrolysis) is 1. The van der Waals surface area contributed by atoms with Crippen LogP contribution in [0.3, 0.4) is 0 Å². The number of amides is 1. The van der Waals surface area contributed by atoms with Gasteiger partial charge >= 0.3 is 6.09 Å². The van der Waals surface area contributed by atoms with Crippen molar-refractivity contribution in [3.05, 3.63) is 0 Å². The summed E-state index contributed by atoms with van der Waals surface area (Å²) in [7, 11) is 0. The molecular formula is C16H29NO3. The number of hydrogen-bond acceptors (Lipinski definition) is 3. The number of aliphatic hydroxyl groups excluding tert-OH is 1. The predicted octanol–water partition coefficient (Wildman–Crippen LogP) is 3.23. The van der Waals surface area contributed by atoms with Crippen LogP contribution in [0.25, 0.3) is 0 Å². The molecule has 0 spiro atoms. The average molecular weight is 283 g/mol. The summed E-state index contributed by atoms with van der Waals surface area (Å²) in [5.41, 5.74) is -0.170. The normalized spacial score (nSPS) is 28.8. The number of ether oxygens (including phenoxy) is 1. The maximum Gasteiger partial charge on any atom is 0.407 e. The highest BCUT2D eigenvalue weighted by molar-refractivity contribution is 5.68. The number of hydrogen-bond donors (Lipinski definition) is 2. The first-order chi connectivity index (χ1) is 9.32. The lowest BCUT2D eigenvalue weighted by Crippen LogP contribution is -2.41. The van der Waals surface area contributed by atoms with Crippen LogP contribution in [0.1, 0.15) is 65.7 Å². The Morgan fingerprint density at radius 3 is 2.30 bits per heavy atom. The summed E-state index contributed by atoms with van der Waals surface area (Å²) in [4.78, 5) is 11.7. The topological polar surface area (TPSA) is 58.6 Å². The van der Waals surface area contributed by atoms with Gasteiger partial charge in [0.15, 0.2) is 0 Å². The minimum absolute atomic E-state index is 0.255. The molecule has 2 aliphatic rings. The second-order valence-electron chi connectivity index (χ2n) is 7.73. The van der Waals surface area contributed by atoms with E-state index in [1.807, 2.05) is 20.8 Å². The van der Waals surface area contributed by atoms with E-state index in [1.165, 1.54) is 19.3 Å². The maximum absolute atomic E-state index is 11.7. The van der Waals surface area contributed by atoms with Crippen LogP contribution in [-0.2, 0) is 4.74 Å². The van der Waals surface area contributed by atoms with Gasteiger partial charge in [-0.15, -0.1) is 0 Å². The number of rotatable bonds is 4. The van der Waals surface area contributed by atoms with Crippen LogP contribution in [0.15, 0.2) is 0 Å². The van der Waals surface area contributed by atoms with E-state index in [0.717, 1.165) is 31.6 Å². The smallest absolute Gasteiger partial charge is 0.407 e. The van der Waals surface area contributed by atoms with Crippen molar-refractivity contribution in [2.24, 2.45) is 11.3 Å². The fourth-order valence-corrected chi connectivity index (χ4v) is 3.20. The van der Waals surface area contributed by atoms with Crippen LogP contribution < -0.4 is 5.32 Å². The second-order valence-corrected chi connectivity index (χ2v) is 7.73. The van der Waals surface area contributed by atoms with Crippen molar-refractivity contribution in [3.63, 3.8) is 0 Å². The molecule has 0 atom stereocenters. The van der Waals surface area contributed by atoms with Crippen LogP contribution in [0.4, 0.5) is 4.79 Å². The molecule has 0 aromatic carbocycles. The van der Waals surface area contributed by atoms with Gasteiger partial charge in [-0.2, -0.15) is 0 Å². The molecular weight excluding hydrogens is 254 g/mol. The molecule has 2 N–H and O–H groups in total. The molecule has 116 valence electrons. The summed E-state index contributed by atoms with van der Waals surface area (Å²) in [5.74, 6) is 0.723. The van der Waals surface area contributed by atoms with Crippen LogP contribution >= 0.6 is 0 Å². The largest absolute Gasteiger partial charge is 0.444 e. The lowest BCUT2D eigenvalue weighted by molar-refractivity contribution is 0.0483. The zero-order valence-corrected chi connectivity index (χ0v) is 13.1. The van der Waals surface area contributed by atoms with Gasteiger partial charge in [-0.25, -0.2) is 4.79 Å². The van der Waals surface area contributed by atoms with Crippen molar-refractivity contribution >= 4 is 6.09 Å². The van der Waals surface area contributed by atoms with Gasteiger partial charge in [-0.3, -0.25) is 0 Å². The monoisotopic (exact) mass is 283 g/mol. The van der Waals surface area contributed by atoms with Crippen molar-refractivity contribution in [3.8, 4) is 0 Å². The van der Waals surface area contributed by atoms with E-state index in [9.17, 15) is 9.90 Å². The summed E-state index contributed by atoms with van der Waals surface area (Å²) in [6.07, 6.45) is 7.64. The molecule has 2 fully saturated rings. The third kappa shape index (κ3) is 4.65. The third-order valence-electron chi connectivity index (χ3n) is 4.58. The molecule has 1 amide bonds. The molecule has 0 saturated heterocycles. The van der Waals surface area contributed by atoms with Crippen molar-refractivity contribution in [1.29, 1.82) is 0 Å². The highest BCUT2D eigenvalue weighted by Crippen LogP contribution is 2.51. The summed E-state index contributed by atoms with van der Waals surface area (Å²) < 4.78 is 5.29. The summed E-state index contributed by atoms with van der Waals surface area (Å²) >= 11 is 0. The van der Waals surface area contributed by atoms with E-state index in [0.29, 0.717) is 6.61 Å². The lowest BCUT2D eigenvalue weighted by atomic mass is 9.80. The van der Waals surface area contributed by atoms with Gasteiger partial charge in [0.25, 0.3) is 0 Å². The van der Waals surface area contributed by atoms with E-state index in [2.05, 4.69) is 5.32 Å². The van der Waals surface area contributed by atoms with Gasteiger partial charge in [0.2, 0.25) is 0 Å². The van der Waals surface area contributed by atoms with Crippen molar-refractivity contribution in [2.45, 2.75) is 77.4 Å². The molecule has 4 heteroatoms. The Balaban J connectivity index is 1.68. The number of carbonyl (C=O) groups is 1. The molecule has 2 aliphatic carbocycles. The lowest BCUT2D eigenvalue weighted by Gasteiger charge is -2.31. The quantitative estimate of drug-likeness (QED) is 0.832. The van der Waals surface area contributed by atoms with E-state index in [-0.39, 0.29) is 17.6 Å². The van der Waals surface area contributed by atoms with Gasteiger partial charge in [0, 0.05) is 12.6 Å². The molecule has 0 aliphatic heterocycles. The number of aliphatic hydroxyl groups is 1. The van der Waals surface area contributed by atoms with Gasteiger partial charge in [0.1, 0.15) is 5.60 Å². The third-order valence-corrected chi connectivity index (χ3v) is 4.58. The predicted molar refractivity (Wildman–Crippen MR) is 78.5 cm³/mol. The van der Waals surface area contributed by atoms with Gasteiger partial charge in [-0.05, 0) is 77.0 Å². The summed E-state index contributed by atoms with van der Waals surface area (Å²) in [6.45, 7) is 6.00. The highest BCUT2D eigenvalue weighted by atomic mass is 16.6. The van der Waals surface area contributed by atoms with E-state index in [1.54, 1.807) is 0 Å². The Bertz CT molecular complexity index is 336. The Morgan fingerprint density at radius 1 is 1.25 bits per heavy atom. The molecule has 0 heterocycles. The summed E-state index contributed by atoms with van der Waals surface area (Å²) in [5, 5.41) is 12.4. The maximum atomic E-state index is 11.7. The fraction of sp³-hybridized carbons (Fsp3) is 0.938. The SMILES string of the molecule is CC(C)(C)OC(=O)NC1CCC(CC2(CO)CC2)CC1. The minimum atomic E-state index is -0.430. The minimum Gasteiger partial charge on any atom is -0.444 e. The van der Waals surface area contributed by atoms with E-state index < -0.39 is 5.60 Å². The zero-order valence-electron chi connectivity index (χ0n) is 13.1. The van der Waals surface area contributed by atoms with Gasteiger partial charge in [0.05, 0.1) is 0 Å². The van der Waals surface area contributed by atoms with Crippen molar-refractivity contribution < 1.29 is 14.6 Å². The molecule has 4 nitrogen and oxygen atoms in total. The number of nitrogens with one attached hydrogen (secondary N) is 1. The standard InChI is InChI=1S/C16H29NO3/c1-15(2,3)20-14(19)17-13-6-4-12(5-7-13)10-16(11-18)8-9-16/h12-13,18H,4-11H2,1-3H3,(H,17,19). The zero-order chi connectivity index (χ0) is 14.8. The Morgan fingerprint density at radius 2 is 1.85 bits per heavy atom. The van der Waals surface area contributed by atoms with Gasteiger partial charge < -0.3 is 15.2 Å². The van der Waals surface area contributed by atoms with Crippen molar-refractivity contribution in [2.75, 3.05) is 6.61 Å². The molecule has 0 aromatic heterocycles. The average Bonchev–Trinajstić information content (AvgIpc) is 3.10. The molecule has 20 heavy (non-hydrogen) atoms.